The van der Waals surface area contributed by atoms with Crippen LogP contribution >= 0.6 is 0 Å². The van der Waals surface area contributed by atoms with Gasteiger partial charge in [-0.3, -0.25) is 9.59 Å². The summed E-state index contributed by atoms with van der Waals surface area (Å²) in [4.78, 5) is 22.9. The Bertz CT molecular complexity index is 506. The molecule has 2 heterocycles. The second kappa shape index (κ2) is 5.42. The Morgan fingerprint density at radius 3 is 2.50 bits per heavy atom. The van der Waals surface area contributed by atoms with Crippen LogP contribution in [0.4, 0.5) is 0 Å². The molecular formula is C12H19NO6S. The number of piperidine rings is 1. The van der Waals surface area contributed by atoms with Gasteiger partial charge in [-0.15, -0.1) is 0 Å². The molecule has 7 nitrogen and oxygen atoms in total. The number of hydrogen-bond donors (Lipinski definition) is 1. The summed E-state index contributed by atoms with van der Waals surface area (Å²) in [7, 11) is -4.00. The van der Waals surface area contributed by atoms with Crippen molar-refractivity contribution < 1.29 is 27.9 Å². The first-order valence-electron chi connectivity index (χ1n) is 6.66. The summed E-state index contributed by atoms with van der Waals surface area (Å²) in [6, 6.07) is 0. The maximum atomic E-state index is 12.7. The maximum Gasteiger partial charge on any atom is 0.326 e. The Morgan fingerprint density at radius 2 is 2.00 bits per heavy atom. The standard InChI is InChI=1S/C12H19NO6S/c1-9-8-12(11(15)16,4-7-19-9)20(17,18)13-5-2-10(14)3-6-13/h9H,2-8H2,1H3,(H,15,16). The number of carboxylic acid groups (broad SMARTS) is 1. The number of carbonyl (C=O) groups is 2. The fourth-order valence-electron chi connectivity index (χ4n) is 2.81. The molecule has 0 amide bonds. The summed E-state index contributed by atoms with van der Waals surface area (Å²) < 4.78 is 30.1. The van der Waals surface area contributed by atoms with Gasteiger partial charge in [-0.25, -0.2) is 12.7 Å². The van der Waals surface area contributed by atoms with Crippen molar-refractivity contribution in [1.82, 2.24) is 4.31 Å². The minimum Gasteiger partial charge on any atom is -0.480 e. The molecule has 2 fully saturated rings. The van der Waals surface area contributed by atoms with Crippen molar-refractivity contribution >= 4 is 21.8 Å². The van der Waals surface area contributed by atoms with Gasteiger partial charge in [0.15, 0.2) is 4.75 Å². The van der Waals surface area contributed by atoms with Gasteiger partial charge in [0, 0.05) is 45.4 Å². The highest BCUT2D eigenvalue weighted by molar-refractivity contribution is 7.91. The van der Waals surface area contributed by atoms with Crippen LogP contribution in [0.25, 0.3) is 0 Å². The first-order valence-corrected chi connectivity index (χ1v) is 8.10. The van der Waals surface area contributed by atoms with Crippen LogP contribution in [-0.2, 0) is 24.3 Å². The number of aliphatic carboxylic acids is 1. The molecule has 0 aromatic rings. The molecule has 114 valence electrons. The molecule has 8 heteroatoms. The van der Waals surface area contributed by atoms with Crippen LogP contribution < -0.4 is 0 Å². The van der Waals surface area contributed by atoms with Gasteiger partial charge < -0.3 is 9.84 Å². The number of ketones is 1. The van der Waals surface area contributed by atoms with Crippen LogP contribution in [0, 0.1) is 0 Å². The lowest BCUT2D eigenvalue weighted by Crippen LogP contribution is -2.58. The summed E-state index contributed by atoms with van der Waals surface area (Å²) in [6.07, 6.45) is -0.225. The van der Waals surface area contributed by atoms with E-state index in [4.69, 9.17) is 4.74 Å². The van der Waals surface area contributed by atoms with E-state index in [0.717, 1.165) is 4.31 Å². The van der Waals surface area contributed by atoms with Crippen molar-refractivity contribution in [3.63, 3.8) is 0 Å². The molecule has 2 atom stereocenters. The number of ether oxygens (including phenoxy) is 1. The number of carbonyl (C=O) groups excluding carboxylic acids is 1. The summed E-state index contributed by atoms with van der Waals surface area (Å²) in [5.41, 5.74) is 0. The van der Waals surface area contributed by atoms with Crippen LogP contribution in [-0.4, -0.2) is 60.1 Å². The molecule has 1 N–H and O–H groups in total. The first kappa shape index (κ1) is 15.4. The Balaban J connectivity index is 2.33. The Kier molecular flexibility index (Phi) is 4.17. The van der Waals surface area contributed by atoms with Gasteiger partial charge in [0.1, 0.15) is 5.78 Å². The smallest absolute Gasteiger partial charge is 0.326 e. The number of nitrogens with zero attached hydrogens (tertiary/aromatic N) is 1. The number of hydrogen-bond acceptors (Lipinski definition) is 5. The zero-order valence-electron chi connectivity index (χ0n) is 11.4. The van der Waals surface area contributed by atoms with Gasteiger partial charge in [-0.1, -0.05) is 0 Å². The predicted molar refractivity (Wildman–Crippen MR) is 69.7 cm³/mol. The van der Waals surface area contributed by atoms with Crippen LogP contribution in [0.5, 0.6) is 0 Å². The van der Waals surface area contributed by atoms with E-state index in [-0.39, 0.29) is 51.2 Å². The van der Waals surface area contributed by atoms with E-state index in [1.807, 2.05) is 0 Å². The lowest BCUT2D eigenvalue weighted by molar-refractivity contribution is -0.144. The van der Waals surface area contributed by atoms with Crippen molar-refractivity contribution in [2.45, 2.75) is 43.5 Å². The molecular weight excluding hydrogens is 286 g/mol. The number of Topliss-reactive ketones (excluding diaryl/α,β-unsaturated/α-hetero) is 1. The van der Waals surface area contributed by atoms with Gasteiger partial charge >= 0.3 is 5.97 Å². The number of rotatable bonds is 3. The minimum atomic E-state index is -4.00. The summed E-state index contributed by atoms with van der Waals surface area (Å²) in [6.45, 7) is 1.93. The highest BCUT2D eigenvalue weighted by Gasteiger charge is 2.56. The molecule has 2 aliphatic rings. The monoisotopic (exact) mass is 305 g/mol. The third kappa shape index (κ3) is 2.47. The quantitative estimate of drug-likeness (QED) is 0.788. The van der Waals surface area contributed by atoms with E-state index in [1.165, 1.54) is 0 Å². The fraction of sp³-hybridized carbons (Fsp3) is 0.833. The second-order valence-electron chi connectivity index (χ2n) is 5.38. The van der Waals surface area contributed by atoms with Gasteiger partial charge in [-0.2, -0.15) is 0 Å². The van der Waals surface area contributed by atoms with Crippen LogP contribution in [0.15, 0.2) is 0 Å². The van der Waals surface area contributed by atoms with Gasteiger partial charge in [0.05, 0.1) is 6.10 Å². The average molecular weight is 305 g/mol. The summed E-state index contributed by atoms with van der Waals surface area (Å²) in [5, 5.41) is 9.50. The number of sulfonamides is 1. The second-order valence-corrected chi connectivity index (χ2v) is 7.63. The Hall–Kier alpha value is -0.990. The van der Waals surface area contributed by atoms with Crippen LogP contribution in [0.1, 0.15) is 32.6 Å². The lowest BCUT2D eigenvalue weighted by Gasteiger charge is -2.40. The molecule has 0 radical (unpaired) electrons. The molecule has 2 aliphatic heterocycles. The molecule has 0 aliphatic carbocycles. The fourth-order valence-corrected chi connectivity index (χ4v) is 4.98. The van der Waals surface area contributed by atoms with E-state index < -0.39 is 26.8 Å². The van der Waals surface area contributed by atoms with Crippen molar-refractivity contribution in [2.24, 2.45) is 0 Å². The minimum absolute atomic E-state index is 0.0150. The maximum absolute atomic E-state index is 12.7. The van der Waals surface area contributed by atoms with Gasteiger partial charge in [-0.05, 0) is 6.92 Å². The molecule has 2 rings (SSSR count). The molecule has 0 aromatic heterocycles. The van der Waals surface area contributed by atoms with E-state index in [9.17, 15) is 23.1 Å². The first-order chi connectivity index (χ1) is 9.29. The van der Waals surface area contributed by atoms with Crippen LogP contribution in [0.2, 0.25) is 0 Å². The highest BCUT2D eigenvalue weighted by Crippen LogP contribution is 2.36. The molecule has 20 heavy (non-hydrogen) atoms. The molecule has 0 spiro atoms. The van der Waals surface area contributed by atoms with Crippen molar-refractivity contribution in [3.05, 3.63) is 0 Å². The van der Waals surface area contributed by atoms with Crippen molar-refractivity contribution in [1.29, 1.82) is 0 Å². The predicted octanol–water partition coefficient (Wildman–Crippen LogP) is 0.00340. The van der Waals surface area contributed by atoms with E-state index in [2.05, 4.69) is 0 Å². The summed E-state index contributed by atoms with van der Waals surface area (Å²) in [5.74, 6) is -1.31. The van der Waals surface area contributed by atoms with Crippen LogP contribution in [0.3, 0.4) is 0 Å². The van der Waals surface area contributed by atoms with E-state index in [0.29, 0.717) is 0 Å². The molecule has 0 bridgehead atoms. The number of carboxylic acids is 1. The lowest BCUT2D eigenvalue weighted by atomic mass is 9.95. The molecule has 0 aromatic carbocycles. The zero-order chi connectivity index (χ0) is 15.0. The average Bonchev–Trinajstić information content (AvgIpc) is 2.38. The molecule has 2 saturated heterocycles. The van der Waals surface area contributed by atoms with E-state index in [1.54, 1.807) is 6.92 Å². The Labute approximate surface area is 117 Å². The largest absolute Gasteiger partial charge is 0.480 e. The molecule has 2 unspecified atom stereocenters. The topological polar surface area (TPSA) is 101 Å². The third-order valence-electron chi connectivity index (χ3n) is 4.03. The Morgan fingerprint density at radius 1 is 1.40 bits per heavy atom. The third-order valence-corrected chi connectivity index (χ3v) is 6.61. The van der Waals surface area contributed by atoms with E-state index >= 15 is 0 Å². The summed E-state index contributed by atoms with van der Waals surface area (Å²) >= 11 is 0. The van der Waals surface area contributed by atoms with Crippen molar-refractivity contribution in [3.8, 4) is 0 Å². The zero-order valence-corrected chi connectivity index (χ0v) is 12.2. The van der Waals surface area contributed by atoms with Crippen molar-refractivity contribution in [2.75, 3.05) is 19.7 Å². The molecule has 0 saturated carbocycles. The normalized spacial score (nSPS) is 33.0. The SMILES string of the molecule is CC1CC(C(=O)O)(S(=O)(=O)N2CCC(=O)CC2)CCO1. The van der Waals surface area contributed by atoms with Gasteiger partial charge in [0.25, 0.3) is 0 Å². The van der Waals surface area contributed by atoms with Gasteiger partial charge in [0.2, 0.25) is 10.0 Å². The highest BCUT2D eigenvalue weighted by atomic mass is 32.2.